The maximum Gasteiger partial charge on any atom is 0.348 e. The number of aryl methyl sites for hydroxylation is 1. The van der Waals surface area contributed by atoms with Crippen LogP contribution in [0.5, 0.6) is 0 Å². The van der Waals surface area contributed by atoms with Crippen molar-refractivity contribution < 1.29 is 19.5 Å². The minimum atomic E-state index is -1.08. The second kappa shape index (κ2) is 5.63. The Hall–Kier alpha value is -1.89. The van der Waals surface area contributed by atoms with Crippen LogP contribution in [0.2, 0.25) is 0 Å². The number of nitrogens with one attached hydrogen (secondary N) is 1. The molecule has 1 heterocycles. The first-order valence-corrected chi connectivity index (χ1v) is 6.03. The summed E-state index contributed by atoms with van der Waals surface area (Å²) in [4.78, 5) is 34.9. The average molecular weight is 270 g/mol. The minimum Gasteiger partial charge on any atom is -0.477 e. The lowest BCUT2D eigenvalue weighted by Gasteiger charge is -2.14. The van der Waals surface area contributed by atoms with E-state index in [4.69, 9.17) is 5.11 Å². The standard InChI is InChI=1S/C11H14N2O4S/c1-6-5-18-10(11(16)17)9(6)12-8(15)4-13(3)7(2)14/h5H,4H2,1-3H3,(H,12,15)(H,16,17). The zero-order valence-electron chi connectivity index (χ0n) is 10.3. The third-order valence-corrected chi connectivity index (χ3v) is 3.44. The number of carbonyl (C=O) groups excluding carboxylic acids is 2. The van der Waals surface area contributed by atoms with E-state index in [-0.39, 0.29) is 17.3 Å². The van der Waals surface area contributed by atoms with Crippen LogP contribution in [0.25, 0.3) is 0 Å². The fourth-order valence-electron chi connectivity index (χ4n) is 1.26. The van der Waals surface area contributed by atoms with Gasteiger partial charge in [0.2, 0.25) is 11.8 Å². The third-order valence-electron chi connectivity index (χ3n) is 2.35. The Balaban J connectivity index is 2.79. The van der Waals surface area contributed by atoms with Gasteiger partial charge in [-0.2, -0.15) is 0 Å². The van der Waals surface area contributed by atoms with Crippen LogP contribution in [0.3, 0.4) is 0 Å². The van der Waals surface area contributed by atoms with E-state index in [1.165, 1.54) is 18.9 Å². The Morgan fingerprint density at radius 3 is 2.56 bits per heavy atom. The molecule has 0 radical (unpaired) electrons. The van der Waals surface area contributed by atoms with Crippen molar-refractivity contribution in [3.63, 3.8) is 0 Å². The van der Waals surface area contributed by atoms with Gasteiger partial charge >= 0.3 is 5.97 Å². The van der Waals surface area contributed by atoms with E-state index >= 15 is 0 Å². The van der Waals surface area contributed by atoms with Crippen LogP contribution in [0.1, 0.15) is 22.2 Å². The van der Waals surface area contributed by atoms with Crippen molar-refractivity contribution in [3.05, 3.63) is 15.8 Å². The molecule has 0 fully saturated rings. The molecule has 0 saturated carbocycles. The summed E-state index contributed by atoms with van der Waals surface area (Å²) in [6.07, 6.45) is 0. The van der Waals surface area contributed by atoms with Crippen LogP contribution in [0.15, 0.2) is 5.38 Å². The highest BCUT2D eigenvalue weighted by molar-refractivity contribution is 7.12. The predicted octanol–water partition coefficient (Wildman–Crippen LogP) is 1.17. The van der Waals surface area contributed by atoms with Crippen LogP contribution >= 0.6 is 11.3 Å². The van der Waals surface area contributed by atoms with Crippen molar-refractivity contribution in [1.82, 2.24) is 4.90 Å². The molecule has 0 aliphatic heterocycles. The molecular formula is C11H14N2O4S. The molecule has 98 valence electrons. The van der Waals surface area contributed by atoms with Crippen molar-refractivity contribution in [2.75, 3.05) is 18.9 Å². The summed E-state index contributed by atoms with van der Waals surface area (Å²) in [7, 11) is 1.50. The van der Waals surface area contributed by atoms with Gasteiger partial charge in [-0.1, -0.05) is 0 Å². The van der Waals surface area contributed by atoms with E-state index in [1.54, 1.807) is 12.3 Å². The van der Waals surface area contributed by atoms with Gasteiger partial charge in [-0.3, -0.25) is 9.59 Å². The zero-order chi connectivity index (χ0) is 13.9. The van der Waals surface area contributed by atoms with E-state index in [1.807, 2.05) is 0 Å². The zero-order valence-corrected chi connectivity index (χ0v) is 11.1. The van der Waals surface area contributed by atoms with Crippen molar-refractivity contribution in [2.45, 2.75) is 13.8 Å². The Bertz CT molecular complexity index is 495. The number of carboxylic acid groups (broad SMARTS) is 1. The molecule has 0 aliphatic rings. The largest absolute Gasteiger partial charge is 0.477 e. The number of rotatable bonds is 4. The topological polar surface area (TPSA) is 86.7 Å². The number of anilines is 1. The van der Waals surface area contributed by atoms with Crippen molar-refractivity contribution in [1.29, 1.82) is 0 Å². The lowest BCUT2D eigenvalue weighted by atomic mass is 10.2. The summed E-state index contributed by atoms with van der Waals surface area (Å²) in [6, 6.07) is 0. The lowest BCUT2D eigenvalue weighted by Crippen LogP contribution is -2.33. The molecule has 0 aromatic carbocycles. The summed E-state index contributed by atoms with van der Waals surface area (Å²) in [6.45, 7) is 2.96. The number of hydrogen-bond donors (Lipinski definition) is 2. The normalized spacial score (nSPS) is 9.94. The first-order chi connectivity index (χ1) is 8.32. The Kier molecular flexibility index (Phi) is 4.43. The molecule has 0 atom stereocenters. The van der Waals surface area contributed by atoms with Crippen LogP contribution in [0.4, 0.5) is 5.69 Å². The molecule has 18 heavy (non-hydrogen) atoms. The Morgan fingerprint density at radius 1 is 1.44 bits per heavy atom. The highest BCUT2D eigenvalue weighted by atomic mass is 32.1. The molecule has 2 amide bonds. The molecule has 1 aromatic rings. The molecule has 0 saturated heterocycles. The van der Waals surface area contributed by atoms with Crippen molar-refractivity contribution in [2.24, 2.45) is 0 Å². The first kappa shape index (κ1) is 14.2. The van der Waals surface area contributed by atoms with E-state index in [0.29, 0.717) is 11.3 Å². The summed E-state index contributed by atoms with van der Waals surface area (Å²) >= 11 is 1.06. The van der Waals surface area contributed by atoms with Gasteiger partial charge < -0.3 is 15.3 Å². The molecule has 0 spiro atoms. The van der Waals surface area contributed by atoms with Crippen LogP contribution < -0.4 is 5.32 Å². The average Bonchev–Trinajstić information content (AvgIpc) is 2.60. The van der Waals surface area contributed by atoms with E-state index in [9.17, 15) is 14.4 Å². The van der Waals surface area contributed by atoms with E-state index < -0.39 is 11.9 Å². The molecule has 0 bridgehead atoms. The third kappa shape index (κ3) is 3.30. The maximum absolute atomic E-state index is 11.7. The monoisotopic (exact) mass is 270 g/mol. The van der Waals surface area contributed by atoms with Gasteiger partial charge in [0.1, 0.15) is 4.88 Å². The second-order valence-electron chi connectivity index (χ2n) is 3.85. The molecule has 6 nitrogen and oxygen atoms in total. The quantitative estimate of drug-likeness (QED) is 0.859. The number of carbonyl (C=O) groups is 3. The highest BCUT2D eigenvalue weighted by Crippen LogP contribution is 2.27. The fourth-order valence-corrected chi connectivity index (χ4v) is 2.11. The Morgan fingerprint density at radius 2 is 2.06 bits per heavy atom. The smallest absolute Gasteiger partial charge is 0.348 e. The predicted molar refractivity (Wildman–Crippen MR) is 68.0 cm³/mol. The van der Waals surface area contributed by atoms with Crippen molar-refractivity contribution >= 4 is 34.8 Å². The van der Waals surface area contributed by atoms with Crippen LogP contribution in [0, 0.1) is 6.92 Å². The summed E-state index contributed by atoms with van der Waals surface area (Å²) < 4.78 is 0. The fraction of sp³-hybridized carbons (Fsp3) is 0.364. The van der Waals surface area contributed by atoms with Gasteiger partial charge in [0.25, 0.3) is 0 Å². The molecule has 0 aliphatic carbocycles. The molecule has 0 unspecified atom stereocenters. The van der Waals surface area contributed by atoms with E-state index in [0.717, 1.165) is 11.3 Å². The van der Waals surface area contributed by atoms with Gasteiger partial charge in [-0.05, 0) is 17.9 Å². The minimum absolute atomic E-state index is 0.0892. The van der Waals surface area contributed by atoms with Crippen molar-refractivity contribution in [3.8, 4) is 0 Å². The number of amides is 2. The van der Waals surface area contributed by atoms with Gasteiger partial charge in [-0.25, -0.2) is 4.79 Å². The first-order valence-electron chi connectivity index (χ1n) is 5.16. The summed E-state index contributed by atoms with van der Waals surface area (Å²) in [5, 5.41) is 13.1. The number of aromatic carboxylic acids is 1. The van der Waals surface area contributed by atoms with Gasteiger partial charge in [0, 0.05) is 14.0 Å². The number of thiophene rings is 1. The molecule has 1 aromatic heterocycles. The number of nitrogens with zero attached hydrogens (tertiary/aromatic N) is 1. The van der Waals surface area contributed by atoms with Crippen LogP contribution in [-0.4, -0.2) is 41.4 Å². The second-order valence-corrected chi connectivity index (χ2v) is 4.73. The van der Waals surface area contributed by atoms with Gasteiger partial charge in [0.15, 0.2) is 0 Å². The molecule has 1 rings (SSSR count). The van der Waals surface area contributed by atoms with E-state index in [2.05, 4.69) is 5.32 Å². The lowest BCUT2D eigenvalue weighted by molar-refractivity contribution is -0.131. The summed E-state index contributed by atoms with van der Waals surface area (Å²) in [5.74, 6) is -1.73. The van der Waals surface area contributed by atoms with Gasteiger partial charge in [-0.15, -0.1) is 11.3 Å². The van der Waals surface area contributed by atoms with Crippen LogP contribution in [-0.2, 0) is 9.59 Å². The molecule has 2 N–H and O–H groups in total. The molecular weight excluding hydrogens is 256 g/mol. The number of hydrogen-bond acceptors (Lipinski definition) is 4. The van der Waals surface area contributed by atoms with Gasteiger partial charge in [0.05, 0.1) is 12.2 Å². The number of carboxylic acids is 1. The summed E-state index contributed by atoms with van der Waals surface area (Å²) in [5.41, 5.74) is 0.991. The Labute approximate surface area is 108 Å². The molecule has 7 heteroatoms. The SMILES string of the molecule is CC(=O)N(C)CC(=O)Nc1c(C)csc1C(=O)O. The number of likely N-dealkylation sites (N-methyl/N-ethyl adjacent to an activating group) is 1. The maximum atomic E-state index is 11.7. The highest BCUT2D eigenvalue weighted by Gasteiger charge is 2.18.